The molecule has 0 radical (unpaired) electrons. The Morgan fingerprint density at radius 2 is 2.26 bits per heavy atom. The van der Waals surface area contributed by atoms with E-state index in [-0.39, 0.29) is 16.9 Å². The van der Waals surface area contributed by atoms with Gasteiger partial charge in [0.15, 0.2) is 0 Å². The quantitative estimate of drug-likeness (QED) is 0.843. The van der Waals surface area contributed by atoms with Gasteiger partial charge >= 0.3 is 0 Å². The summed E-state index contributed by atoms with van der Waals surface area (Å²) in [6, 6.07) is 5.05. The van der Waals surface area contributed by atoms with Crippen LogP contribution in [0.25, 0.3) is 0 Å². The van der Waals surface area contributed by atoms with Crippen molar-refractivity contribution in [3.63, 3.8) is 0 Å². The van der Waals surface area contributed by atoms with Crippen LogP contribution in [0.2, 0.25) is 0 Å². The van der Waals surface area contributed by atoms with Gasteiger partial charge in [0.05, 0.1) is 18.8 Å². The van der Waals surface area contributed by atoms with Crippen molar-refractivity contribution < 1.29 is 9.13 Å². The molecule has 2 atom stereocenters. The first-order chi connectivity index (χ1) is 9.16. The zero-order valence-corrected chi connectivity index (χ0v) is 11.5. The third-order valence-corrected chi connectivity index (χ3v) is 4.24. The van der Waals surface area contributed by atoms with Gasteiger partial charge in [-0.15, -0.1) is 0 Å². The monoisotopic (exact) mass is 280 g/mol. The highest BCUT2D eigenvalue weighted by atomic mass is 32.1. The molecule has 1 aliphatic carbocycles. The van der Waals surface area contributed by atoms with Crippen LogP contribution in [0.1, 0.15) is 24.8 Å². The van der Waals surface area contributed by atoms with Gasteiger partial charge in [0, 0.05) is 17.8 Å². The van der Waals surface area contributed by atoms with Crippen molar-refractivity contribution in [3.8, 4) is 0 Å². The lowest BCUT2D eigenvalue weighted by molar-refractivity contribution is 0.0256. The molecule has 1 heterocycles. The Morgan fingerprint density at radius 1 is 1.42 bits per heavy atom. The van der Waals surface area contributed by atoms with Gasteiger partial charge in [-0.25, -0.2) is 4.39 Å². The molecule has 1 aliphatic heterocycles. The number of nitrogens with two attached hydrogens (primary N) is 1. The van der Waals surface area contributed by atoms with Crippen molar-refractivity contribution in [2.75, 3.05) is 18.1 Å². The summed E-state index contributed by atoms with van der Waals surface area (Å²) in [6.07, 6.45) is 3.68. The molecule has 1 aromatic rings. The summed E-state index contributed by atoms with van der Waals surface area (Å²) in [5, 5.41) is 0. The molecular formula is C14H17FN2OS. The van der Waals surface area contributed by atoms with Gasteiger partial charge in [-0.2, -0.15) is 0 Å². The molecule has 3 rings (SSSR count). The fourth-order valence-corrected chi connectivity index (χ4v) is 3.34. The summed E-state index contributed by atoms with van der Waals surface area (Å²) in [7, 11) is 0. The van der Waals surface area contributed by atoms with E-state index >= 15 is 0 Å². The van der Waals surface area contributed by atoms with Crippen LogP contribution in [-0.2, 0) is 4.74 Å². The number of anilines is 1. The Kier molecular flexibility index (Phi) is 3.41. The van der Waals surface area contributed by atoms with E-state index in [1.807, 2.05) is 0 Å². The Bertz CT molecular complexity index is 508. The molecule has 2 aliphatic rings. The van der Waals surface area contributed by atoms with Crippen molar-refractivity contribution in [1.82, 2.24) is 0 Å². The molecule has 1 saturated heterocycles. The first-order valence-electron chi connectivity index (χ1n) is 6.64. The van der Waals surface area contributed by atoms with Crippen LogP contribution in [0.4, 0.5) is 10.1 Å². The molecular weight excluding hydrogens is 263 g/mol. The predicted octanol–water partition coefficient (Wildman–Crippen LogP) is 2.22. The highest BCUT2D eigenvalue weighted by Crippen LogP contribution is 2.34. The number of morpholine rings is 1. The van der Waals surface area contributed by atoms with E-state index in [1.165, 1.54) is 18.6 Å². The van der Waals surface area contributed by atoms with Gasteiger partial charge < -0.3 is 15.4 Å². The second-order valence-electron chi connectivity index (χ2n) is 5.13. The van der Waals surface area contributed by atoms with Crippen LogP contribution in [0, 0.1) is 5.82 Å². The lowest BCUT2D eigenvalue weighted by Crippen LogP contribution is -2.49. The van der Waals surface area contributed by atoms with Crippen molar-refractivity contribution in [3.05, 3.63) is 29.6 Å². The molecule has 0 bridgehead atoms. The minimum absolute atomic E-state index is 0.246. The van der Waals surface area contributed by atoms with E-state index in [4.69, 9.17) is 22.7 Å². The molecule has 19 heavy (non-hydrogen) atoms. The number of rotatable bonds is 2. The molecule has 102 valence electrons. The zero-order chi connectivity index (χ0) is 13.4. The van der Waals surface area contributed by atoms with Gasteiger partial charge in [0.2, 0.25) is 0 Å². The number of hydrogen-bond acceptors (Lipinski definition) is 3. The lowest BCUT2D eigenvalue weighted by atomic mass is 10.1. The number of benzene rings is 1. The second kappa shape index (κ2) is 5.06. The van der Waals surface area contributed by atoms with Crippen LogP contribution in [0.3, 0.4) is 0 Å². The van der Waals surface area contributed by atoms with Gasteiger partial charge in [-0.3, -0.25) is 0 Å². The first-order valence-corrected chi connectivity index (χ1v) is 7.05. The number of halogens is 1. The molecule has 0 amide bonds. The van der Waals surface area contributed by atoms with Crippen molar-refractivity contribution >= 4 is 22.9 Å². The molecule has 5 heteroatoms. The maximum absolute atomic E-state index is 13.4. The van der Waals surface area contributed by atoms with Crippen LogP contribution in [-0.4, -0.2) is 30.3 Å². The Hall–Kier alpha value is -1.20. The highest BCUT2D eigenvalue weighted by molar-refractivity contribution is 7.80. The summed E-state index contributed by atoms with van der Waals surface area (Å²) in [6.45, 7) is 1.51. The average Bonchev–Trinajstić information content (AvgIpc) is 2.86. The van der Waals surface area contributed by atoms with Crippen molar-refractivity contribution in [1.29, 1.82) is 0 Å². The number of thiocarbonyl (C=S) groups is 1. The fourth-order valence-electron chi connectivity index (χ4n) is 3.18. The lowest BCUT2D eigenvalue weighted by Gasteiger charge is -2.40. The average molecular weight is 280 g/mol. The van der Waals surface area contributed by atoms with Crippen LogP contribution < -0.4 is 10.6 Å². The molecule has 1 saturated carbocycles. The third kappa shape index (κ3) is 2.32. The summed E-state index contributed by atoms with van der Waals surface area (Å²) in [4.78, 5) is 2.53. The van der Waals surface area contributed by atoms with E-state index in [0.717, 1.165) is 25.1 Å². The molecule has 0 spiro atoms. The summed E-state index contributed by atoms with van der Waals surface area (Å²) >= 11 is 5.05. The van der Waals surface area contributed by atoms with Gasteiger partial charge in [-0.05, 0) is 37.5 Å². The van der Waals surface area contributed by atoms with Crippen LogP contribution >= 0.6 is 12.2 Å². The maximum Gasteiger partial charge on any atom is 0.124 e. The van der Waals surface area contributed by atoms with Crippen molar-refractivity contribution in [2.45, 2.75) is 31.4 Å². The Labute approximate surface area is 117 Å². The standard InChI is InChI=1S/C14H17FN2OS/c15-9-4-5-11(10(8-9)14(16)19)17-6-7-18-13-3-1-2-12(13)17/h4-5,8,12-13H,1-3,6-7H2,(H2,16,19). The summed E-state index contributed by atoms with van der Waals surface area (Å²) in [5.41, 5.74) is 7.30. The summed E-state index contributed by atoms with van der Waals surface area (Å²) in [5.74, 6) is -0.303. The smallest absolute Gasteiger partial charge is 0.124 e. The van der Waals surface area contributed by atoms with Gasteiger partial charge in [0.1, 0.15) is 10.8 Å². The summed E-state index contributed by atoms with van der Waals surface area (Å²) < 4.78 is 19.2. The SMILES string of the molecule is NC(=S)c1cc(F)ccc1N1CCOC2CCCC21. The minimum Gasteiger partial charge on any atom is -0.389 e. The number of ether oxygens (including phenoxy) is 1. The van der Waals surface area contributed by atoms with Crippen LogP contribution in [0.15, 0.2) is 18.2 Å². The zero-order valence-electron chi connectivity index (χ0n) is 10.6. The normalized spacial score (nSPS) is 26.3. The Balaban J connectivity index is 1.98. The Morgan fingerprint density at radius 3 is 3.05 bits per heavy atom. The van der Waals surface area contributed by atoms with E-state index < -0.39 is 0 Å². The number of hydrogen-bond donors (Lipinski definition) is 1. The molecule has 0 aromatic heterocycles. The molecule has 1 aromatic carbocycles. The molecule has 2 fully saturated rings. The van der Waals surface area contributed by atoms with Crippen molar-refractivity contribution in [2.24, 2.45) is 5.73 Å². The highest BCUT2D eigenvalue weighted by Gasteiger charge is 2.37. The first kappa shape index (κ1) is 12.8. The van der Waals surface area contributed by atoms with E-state index in [2.05, 4.69) is 4.90 Å². The number of nitrogens with zero attached hydrogens (tertiary/aromatic N) is 1. The molecule has 2 N–H and O–H groups in total. The molecule has 2 unspecified atom stereocenters. The number of fused-ring (bicyclic) bond motifs is 1. The predicted molar refractivity (Wildman–Crippen MR) is 77.0 cm³/mol. The van der Waals surface area contributed by atoms with E-state index in [1.54, 1.807) is 6.07 Å². The van der Waals surface area contributed by atoms with Gasteiger partial charge in [-0.1, -0.05) is 12.2 Å². The van der Waals surface area contributed by atoms with Gasteiger partial charge in [0.25, 0.3) is 0 Å². The van der Waals surface area contributed by atoms with E-state index in [0.29, 0.717) is 18.2 Å². The maximum atomic E-state index is 13.4. The fraction of sp³-hybridized carbons (Fsp3) is 0.500. The third-order valence-electron chi connectivity index (χ3n) is 4.02. The largest absolute Gasteiger partial charge is 0.389 e. The molecule has 3 nitrogen and oxygen atoms in total. The van der Waals surface area contributed by atoms with E-state index in [9.17, 15) is 4.39 Å². The minimum atomic E-state index is -0.303. The van der Waals surface area contributed by atoms with Crippen LogP contribution in [0.5, 0.6) is 0 Å². The second-order valence-corrected chi connectivity index (χ2v) is 5.57. The topological polar surface area (TPSA) is 38.5 Å².